The number of benzene rings is 1. The van der Waals surface area contributed by atoms with Crippen LogP contribution in [0.3, 0.4) is 0 Å². The summed E-state index contributed by atoms with van der Waals surface area (Å²) in [6, 6.07) is 3.20. The van der Waals surface area contributed by atoms with Gasteiger partial charge in [-0.05, 0) is 12.1 Å². The fourth-order valence-electron chi connectivity index (χ4n) is 2.03. The number of H-pyrrole nitrogens is 1. The predicted molar refractivity (Wildman–Crippen MR) is 77.4 cm³/mol. The molecule has 5 nitrogen and oxygen atoms in total. The van der Waals surface area contributed by atoms with Gasteiger partial charge in [-0.3, -0.25) is 9.97 Å². The van der Waals surface area contributed by atoms with Gasteiger partial charge in [0.25, 0.3) is 9.05 Å². The summed E-state index contributed by atoms with van der Waals surface area (Å²) >= 11 is 6.19. The lowest BCUT2D eigenvalue weighted by atomic mass is 10.1. The van der Waals surface area contributed by atoms with Crippen molar-refractivity contribution in [1.29, 1.82) is 0 Å². The number of aromatic amines is 1. The van der Waals surface area contributed by atoms with Crippen molar-refractivity contribution < 1.29 is 8.42 Å². The monoisotopic (exact) mass is 327 g/mol. The zero-order valence-corrected chi connectivity index (χ0v) is 12.2. The number of nitrogens with one attached hydrogen (secondary N) is 1. The molecule has 0 bridgehead atoms. The third kappa shape index (κ3) is 2.15. The Morgan fingerprint density at radius 3 is 2.65 bits per heavy atom. The van der Waals surface area contributed by atoms with Crippen LogP contribution in [-0.2, 0) is 9.05 Å². The second-order valence-electron chi connectivity index (χ2n) is 4.03. The highest BCUT2D eigenvalue weighted by Gasteiger charge is 2.20. The van der Waals surface area contributed by atoms with Crippen molar-refractivity contribution >= 4 is 42.2 Å². The summed E-state index contributed by atoms with van der Waals surface area (Å²) < 4.78 is 23.1. The lowest BCUT2D eigenvalue weighted by Crippen LogP contribution is -1.90. The van der Waals surface area contributed by atoms with E-state index < -0.39 is 9.05 Å². The predicted octanol–water partition coefficient (Wildman–Crippen LogP) is 3.21. The number of rotatable bonds is 2. The zero-order valence-electron chi connectivity index (χ0n) is 9.84. The summed E-state index contributed by atoms with van der Waals surface area (Å²) in [6.07, 6.45) is 5.97. The Labute approximate surface area is 124 Å². The van der Waals surface area contributed by atoms with Crippen LogP contribution in [-0.4, -0.2) is 23.4 Å². The van der Waals surface area contributed by atoms with Gasteiger partial charge in [-0.15, -0.1) is 0 Å². The first-order valence-corrected chi connectivity index (χ1v) is 8.18. The first-order valence-electron chi connectivity index (χ1n) is 5.49. The highest BCUT2D eigenvalue weighted by atomic mass is 35.7. The Bertz CT molecular complexity index is 892. The van der Waals surface area contributed by atoms with E-state index >= 15 is 0 Å². The first-order chi connectivity index (χ1) is 9.48. The summed E-state index contributed by atoms with van der Waals surface area (Å²) in [5.41, 5.74) is 1.68. The minimum absolute atomic E-state index is 0.0102. The number of fused-ring (bicyclic) bond motifs is 1. The second-order valence-corrected chi connectivity index (χ2v) is 6.97. The van der Waals surface area contributed by atoms with E-state index in [1.165, 1.54) is 12.4 Å². The minimum atomic E-state index is -3.84. The molecule has 1 aromatic carbocycles. The molecule has 0 radical (unpaired) electrons. The average Bonchev–Trinajstić information content (AvgIpc) is 2.83. The highest BCUT2D eigenvalue weighted by molar-refractivity contribution is 8.14. The molecule has 0 fully saturated rings. The molecule has 0 aliphatic heterocycles. The summed E-state index contributed by atoms with van der Waals surface area (Å²) in [4.78, 5) is 11.1. The normalized spacial score (nSPS) is 11.9. The molecule has 1 N–H and O–H groups in total. The molecule has 20 heavy (non-hydrogen) atoms. The Hall–Kier alpha value is -1.63. The van der Waals surface area contributed by atoms with E-state index in [2.05, 4.69) is 15.0 Å². The molecule has 0 saturated carbocycles. The van der Waals surface area contributed by atoms with Crippen molar-refractivity contribution in [3.05, 3.63) is 41.9 Å². The summed E-state index contributed by atoms with van der Waals surface area (Å²) in [6.45, 7) is 0. The molecule has 8 heteroatoms. The molecule has 0 saturated heterocycles. The Morgan fingerprint density at radius 2 is 2.00 bits per heavy atom. The van der Waals surface area contributed by atoms with Crippen molar-refractivity contribution in [2.75, 3.05) is 0 Å². The van der Waals surface area contributed by atoms with Gasteiger partial charge < -0.3 is 4.98 Å². The van der Waals surface area contributed by atoms with E-state index in [9.17, 15) is 8.42 Å². The molecule has 0 spiro atoms. The van der Waals surface area contributed by atoms with Crippen LogP contribution in [0.5, 0.6) is 0 Å². The van der Waals surface area contributed by atoms with Crippen LogP contribution < -0.4 is 0 Å². The topological polar surface area (TPSA) is 75.7 Å². The summed E-state index contributed by atoms with van der Waals surface area (Å²) in [7, 11) is 1.57. The maximum Gasteiger partial charge on any atom is 0.263 e. The van der Waals surface area contributed by atoms with E-state index in [1.807, 2.05) is 0 Å². The average molecular weight is 328 g/mol. The van der Waals surface area contributed by atoms with Gasteiger partial charge in [-0.2, -0.15) is 0 Å². The number of aromatic nitrogens is 3. The lowest BCUT2D eigenvalue weighted by Gasteiger charge is -2.05. The van der Waals surface area contributed by atoms with Gasteiger partial charge in [-0.25, -0.2) is 8.42 Å². The molecule has 2 heterocycles. The zero-order chi connectivity index (χ0) is 14.3. The van der Waals surface area contributed by atoms with Gasteiger partial charge in [0.1, 0.15) is 4.90 Å². The van der Waals surface area contributed by atoms with Crippen molar-refractivity contribution in [2.45, 2.75) is 4.90 Å². The summed E-state index contributed by atoms with van der Waals surface area (Å²) in [5, 5.41) is 0.906. The molecule has 3 aromatic rings. The van der Waals surface area contributed by atoms with E-state index in [4.69, 9.17) is 22.3 Å². The smallest absolute Gasteiger partial charge is 0.263 e. The molecule has 3 rings (SSSR count). The molecule has 0 atom stereocenters. The Kier molecular flexibility index (Phi) is 3.16. The second kappa shape index (κ2) is 4.73. The Balaban J connectivity index is 2.39. The molecule has 0 aliphatic rings. The van der Waals surface area contributed by atoms with Gasteiger partial charge in [0.2, 0.25) is 0 Å². The van der Waals surface area contributed by atoms with Crippen molar-refractivity contribution in [1.82, 2.24) is 15.0 Å². The number of nitrogens with zero attached hydrogens (tertiary/aromatic N) is 2. The molecular weight excluding hydrogens is 321 g/mol. The number of halogens is 2. The van der Waals surface area contributed by atoms with Crippen LogP contribution in [0.1, 0.15) is 0 Å². The molecule has 0 amide bonds. The molecule has 0 aliphatic carbocycles. The lowest BCUT2D eigenvalue weighted by molar-refractivity contribution is 0.610. The molecule has 2 aromatic heterocycles. The largest absolute Gasteiger partial charge is 0.359 e. The maximum absolute atomic E-state index is 11.5. The van der Waals surface area contributed by atoms with Crippen LogP contribution in [0.25, 0.3) is 22.2 Å². The van der Waals surface area contributed by atoms with Crippen LogP contribution in [0.4, 0.5) is 0 Å². The fourth-order valence-corrected chi connectivity index (χ4v) is 3.30. The minimum Gasteiger partial charge on any atom is -0.359 e. The molecular formula is C12H7Cl2N3O2S. The van der Waals surface area contributed by atoms with Gasteiger partial charge in [0.05, 0.1) is 22.4 Å². The van der Waals surface area contributed by atoms with Crippen LogP contribution >= 0.6 is 22.3 Å². The van der Waals surface area contributed by atoms with Crippen molar-refractivity contribution in [3.63, 3.8) is 0 Å². The van der Waals surface area contributed by atoms with Gasteiger partial charge in [-0.1, -0.05) is 11.6 Å². The van der Waals surface area contributed by atoms with E-state index in [0.29, 0.717) is 27.2 Å². The van der Waals surface area contributed by atoms with Crippen LogP contribution in [0.2, 0.25) is 5.02 Å². The standard InChI is InChI=1S/C12H7Cl2N3O2S/c13-8-2-1-7-10(20(14,18)19)6-17-12(7)11(8)9-5-15-3-4-16-9/h1-6,17H. The number of hydrogen-bond donors (Lipinski definition) is 1. The first kappa shape index (κ1) is 13.4. The highest BCUT2D eigenvalue weighted by Crippen LogP contribution is 2.36. The van der Waals surface area contributed by atoms with Crippen LogP contribution in [0.15, 0.2) is 41.8 Å². The molecule has 102 valence electrons. The quantitative estimate of drug-likeness (QED) is 0.733. The van der Waals surface area contributed by atoms with Crippen molar-refractivity contribution in [3.8, 4) is 11.3 Å². The molecule has 0 unspecified atom stereocenters. The van der Waals surface area contributed by atoms with Gasteiger partial charge >= 0.3 is 0 Å². The van der Waals surface area contributed by atoms with Crippen LogP contribution in [0, 0.1) is 0 Å². The summed E-state index contributed by atoms with van der Waals surface area (Å²) in [5.74, 6) is 0. The SMILES string of the molecule is O=S(=O)(Cl)c1c[nH]c2c(-c3cnccn3)c(Cl)ccc12. The van der Waals surface area contributed by atoms with E-state index in [0.717, 1.165) is 0 Å². The third-order valence-electron chi connectivity index (χ3n) is 2.85. The van der Waals surface area contributed by atoms with E-state index in [-0.39, 0.29) is 4.90 Å². The number of hydrogen-bond acceptors (Lipinski definition) is 4. The Morgan fingerprint density at radius 1 is 1.20 bits per heavy atom. The maximum atomic E-state index is 11.5. The van der Waals surface area contributed by atoms with Crippen molar-refractivity contribution in [2.24, 2.45) is 0 Å². The third-order valence-corrected chi connectivity index (χ3v) is 4.53. The van der Waals surface area contributed by atoms with Gasteiger partial charge in [0, 0.05) is 40.2 Å². The van der Waals surface area contributed by atoms with E-state index in [1.54, 1.807) is 24.5 Å². The van der Waals surface area contributed by atoms with Gasteiger partial charge in [0.15, 0.2) is 0 Å². The fraction of sp³-hybridized carbons (Fsp3) is 0.